The van der Waals surface area contributed by atoms with E-state index in [-0.39, 0.29) is 6.04 Å². The molecule has 1 aromatic rings. The number of nitrogens with two attached hydrogens (primary N) is 1. The third-order valence-electron chi connectivity index (χ3n) is 1.80. The van der Waals surface area contributed by atoms with Crippen LogP contribution in [0.5, 0.6) is 0 Å². The molecule has 3 N–H and O–H groups in total. The predicted octanol–water partition coefficient (Wildman–Crippen LogP) is 1.83. The maximum Gasteiger partial charge on any atom is 0.0527 e. The molecule has 1 atom stereocenters. The van der Waals surface area contributed by atoms with Gasteiger partial charge in [0.05, 0.1) is 6.04 Å². The van der Waals surface area contributed by atoms with Crippen LogP contribution in [0, 0.1) is 0 Å². The van der Waals surface area contributed by atoms with Crippen molar-refractivity contribution >= 4 is 11.3 Å². The van der Waals surface area contributed by atoms with E-state index in [9.17, 15) is 0 Å². The number of hydrogen-bond donors (Lipinski definition) is 2. The highest BCUT2D eigenvalue weighted by atomic mass is 32.1. The Morgan fingerprint density at radius 1 is 1.73 bits per heavy atom. The fourth-order valence-electron chi connectivity index (χ4n) is 1.10. The molecular formula is C8H14N2S. The Bertz CT molecular complexity index is 220. The van der Waals surface area contributed by atoms with Gasteiger partial charge in [-0.3, -0.25) is 11.3 Å². The molecule has 1 rings (SSSR count). The first-order valence-electron chi connectivity index (χ1n) is 3.82. The van der Waals surface area contributed by atoms with Gasteiger partial charge in [-0.1, -0.05) is 6.92 Å². The third-order valence-corrected chi connectivity index (χ3v) is 2.95. The first-order valence-corrected chi connectivity index (χ1v) is 4.70. The molecule has 62 valence electrons. The highest BCUT2D eigenvalue weighted by Gasteiger charge is 2.08. The van der Waals surface area contributed by atoms with Crippen molar-refractivity contribution in [3.63, 3.8) is 0 Å². The lowest BCUT2D eigenvalue weighted by molar-refractivity contribution is 0.607. The summed E-state index contributed by atoms with van der Waals surface area (Å²) in [4.78, 5) is 1.36. The van der Waals surface area contributed by atoms with Crippen LogP contribution in [0.3, 0.4) is 0 Å². The number of rotatable bonds is 3. The lowest BCUT2D eigenvalue weighted by Crippen LogP contribution is -2.25. The lowest BCUT2D eigenvalue weighted by atomic mass is 10.1. The topological polar surface area (TPSA) is 38.0 Å². The van der Waals surface area contributed by atoms with E-state index >= 15 is 0 Å². The molecule has 1 unspecified atom stereocenters. The predicted molar refractivity (Wildman–Crippen MR) is 49.4 cm³/mol. The largest absolute Gasteiger partial charge is 0.271 e. The van der Waals surface area contributed by atoms with Crippen molar-refractivity contribution in [1.29, 1.82) is 0 Å². The van der Waals surface area contributed by atoms with Gasteiger partial charge in [-0.2, -0.15) is 0 Å². The highest BCUT2D eigenvalue weighted by molar-refractivity contribution is 7.10. The fourth-order valence-corrected chi connectivity index (χ4v) is 2.11. The maximum atomic E-state index is 5.34. The van der Waals surface area contributed by atoms with Gasteiger partial charge in [0, 0.05) is 4.88 Å². The molecule has 3 heteroatoms. The van der Waals surface area contributed by atoms with Crippen molar-refractivity contribution in [1.82, 2.24) is 5.43 Å². The van der Waals surface area contributed by atoms with E-state index in [1.54, 1.807) is 11.3 Å². The molecule has 1 aromatic heterocycles. The summed E-state index contributed by atoms with van der Waals surface area (Å²) in [6.07, 6.45) is 1.09. The Morgan fingerprint density at radius 2 is 2.45 bits per heavy atom. The van der Waals surface area contributed by atoms with Gasteiger partial charge < -0.3 is 0 Å². The third kappa shape index (κ3) is 1.80. The zero-order valence-electron chi connectivity index (χ0n) is 6.92. The molecule has 0 aliphatic carbocycles. The Morgan fingerprint density at radius 3 is 3.00 bits per heavy atom. The average molecular weight is 170 g/mol. The summed E-state index contributed by atoms with van der Waals surface area (Å²) in [5.41, 5.74) is 4.16. The number of aryl methyl sites for hydroxylation is 1. The molecule has 0 saturated heterocycles. The minimum Gasteiger partial charge on any atom is -0.271 e. The van der Waals surface area contributed by atoms with Crippen LogP contribution in [-0.4, -0.2) is 0 Å². The number of thiophene rings is 1. The average Bonchev–Trinajstić information content (AvgIpc) is 2.50. The normalized spacial score (nSPS) is 13.4. The molecule has 0 spiro atoms. The molecule has 0 saturated carbocycles. The molecule has 0 amide bonds. The summed E-state index contributed by atoms with van der Waals surface area (Å²) in [7, 11) is 0. The van der Waals surface area contributed by atoms with Crippen LogP contribution in [-0.2, 0) is 6.42 Å². The second-order valence-corrected chi connectivity index (χ2v) is 3.50. The number of hydrogen-bond acceptors (Lipinski definition) is 3. The van der Waals surface area contributed by atoms with Crippen molar-refractivity contribution in [3.8, 4) is 0 Å². The first-order chi connectivity index (χ1) is 5.29. The first kappa shape index (κ1) is 8.71. The molecule has 0 bridgehead atoms. The van der Waals surface area contributed by atoms with Gasteiger partial charge in [0.1, 0.15) is 0 Å². The van der Waals surface area contributed by atoms with Crippen molar-refractivity contribution in [2.45, 2.75) is 26.3 Å². The van der Waals surface area contributed by atoms with Crippen molar-refractivity contribution in [2.75, 3.05) is 0 Å². The second kappa shape index (κ2) is 3.85. The smallest absolute Gasteiger partial charge is 0.0527 e. The van der Waals surface area contributed by atoms with Crippen LogP contribution in [0.4, 0.5) is 0 Å². The summed E-state index contributed by atoms with van der Waals surface area (Å²) in [5.74, 6) is 5.34. The van der Waals surface area contributed by atoms with Gasteiger partial charge in [-0.25, -0.2) is 0 Å². The quantitative estimate of drug-likeness (QED) is 0.536. The van der Waals surface area contributed by atoms with E-state index in [1.165, 1.54) is 10.4 Å². The van der Waals surface area contributed by atoms with E-state index in [1.807, 2.05) is 0 Å². The van der Waals surface area contributed by atoms with E-state index in [4.69, 9.17) is 5.84 Å². The van der Waals surface area contributed by atoms with Gasteiger partial charge in [0.2, 0.25) is 0 Å². The Balaban J connectivity index is 2.83. The highest BCUT2D eigenvalue weighted by Crippen LogP contribution is 2.23. The zero-order valence-corrected chi connectivity index (χ0v) is 7.74. The number of hydrazine groups is 1. The van der Waals surface area contributed by atoms with E-state index in [0.717, 1.165) is 6.42 Å². The Kier molecular flexibility index (Phi) is 3.05. The van der Waals surface area contributed by atoms with Gasteiger partial charge >= 0.3 is 0 Å². The Hall–Kier alpha value is -0.380. The van der Waals surface area contributed by atoms with Gasteiger partial charge in [-0.15, -0.1) is 11.3 Å². The van der Waals surface area contributed by atoms with Crippen LogP contribution in [0.15, 0.2) is 11.4 Å². The molecular weight excluding hydrogens is 156 g/mol. The SMILES string of the molecule is CCc1ccsc1C(C)NN. The standard InChI is InChI=1S/C8H14N2S/c1-3-7-4-5-11-8(7)6(2)10-9/h4-6,10H,3,9H2,1-2H3. The summed E-state index contributed by atoms with van der Waals surface area (Å²) in [6.45, 7) is 4.24. The summed E-state index contributed by atoms with van der Waals surface area (Å²) >= 11 is 1.76. The van der Waals surface area contributed by atoms with E-state index in [2.05, 4.69) is 30.7 Å². The van der Waals surface area contributed by atoms with Crippen LogP contribution in [0.25, 0.3) is 0 Å². The molecule has 0 aromatic carbocycles. The fraction of sp³-hybridized carbons (Fsp3) is 0.500. The van der Waals surface area contributed by atoms with E-state index < -0.39 is 0 Å². The maximum absolute atomic E-state index is 5.34. The molecule has 2 nitrogen and oxygen atoms in total. The lowest BCUT2D eigenvalue weighted by Gasteiger charge is -2.09. The van der Waals surface area contributed by atoms with Crippen molar-refractivity contribution < 1.29 is 0 Å². The minimum absolute atomic E-state index is 0.282. The zero-order chi connectivity index (χ0) is 8.27. The second-order valence-electron chi connectivity index (χ2n) is 2.55. The molecule has 0 aliphatic heterocycles. The minimum atomic E-state index is 0.282. The van der Waals surface area contributed by atoms with Crippen LogP contribution >= 0.6 is 11.3 Å². The molecule has 0 aliphatic rings. The Labute approximate surface area is 71.4 Å². The van der Waals surface area contributed by atoms with Crippen molar-refractivity contribution in [2.24, 2.45) is 5.84 Å². The summed E-state index contributed by atoms with van der Waals surface area (Å²) in [5, 5.41) is 2.11. The monoisotopic (exact) mass is 170 g/mol. The van der Waals surface area contributed by atoms with Gasteiger partial charge in [-0.05, 0) is 30.4 Å². The molecule has 0 fully saturated rings. The van der Waals surface area contributed by atoms with Crippen LogP contribution in [0.2, 0.25) is 0 Å². The van der Waals surface area contributed by atoms with Crippen molar-refractivity contribution in [3.05, 3.63) is 21.9 Å². The van der Waals surface area contributed by atoms with Crippen LogP contribution in [0.1, 0.15) is 30.3 Å². The summed E-state index contributed by atoms with van der Waals surface area (Å²) in [6, 6.07) is 2.44. The van der Waals surface area contributed by atoms with Gasteiger partial charge in [0.25, 0.3) is 0 Å². The molecule has 1 heterocycles. The number of nitrogens with one attached hydrogen (secondary N) is 1. The summed E-state index contributed by atoms with van der Waals surface area (Å²) < 4.78 is 0. The molecule has 0 radical (unpaired) electrons. The van der Waals surface area contributed by atoms with Gasteiger partial charge in [0.15, 0.2) is 0 Å². The van der Waals surface area contributed by atoms with Crippen LogP contribution < -0.4 is 11.3 Å². The molecule has 11 heavy (non-hydrogen) atoms. The van der Waals surface area contributed by atoms with E-state index in [0.29, 0.717) is 0 Å².